The van der Waals surface area contributed by atoms with Crippen LogP contribution >= 0.6 is 0 Å². The van der Waals surface area contributed by atoms with Gasteiger partial charge in [-0.25, -0.2) is 13.4 Å². The lowest BCUT2D eigenvalue weighted by molar-refractivity contribution is -0.0952. The van der Waals surface area contributed by atoms with Gasteiger partial charge in [-0.15, -0.1) is 0 Å². The Hall–Kier alpha value is -2.22. The largest absolute Gasteiger partial charge is 0.381 e. The van der Waals surface area contributed by atoms with Gasteiger partial charge in [-0.1, -0.05) is 30.3 Å². The van der Waals surface area contributed by atoms with Crippen molar-refractivity contribution < 1.29 is 13.2 Å². The van der Waals surface area contributed by atoms with Crippen LogP contribution in [0.25, 0.3) is 11.0 Å². The van der Waals surface area contributed by atoms with E-state index in [4.69, 9.17) is 4.74 Å². The Kier molecular flexibility index (Phi) is 3.86. The first-order valence-electron chi connectivity index (χ1n) is 9.19. The summed E-state index contributed by atoms with van der Waals surface area (Å²) in [5, 5.41) is 0.636. The van der Waals surface area contributed by atoms with E-state index in [2.05, 4.69) is 9.97 Å². The fourth-order valence-corrected chi connectivity index (χ4v) is 6.49. The van der Waals surface area contributed by atoms with E-state index in [-0.39, 0.29) is 11.5 Å². The van der Waals surface area contributed by atoms with Gasteiger partial charge in [0.1, 0.15) is 10.5 Å². The summed E-state index contributed by atoms with van der Waals surface area (Å²) in [5.41, 5.74) is 1.60. The van der Waals surface area contributed by atoms with E-state index in [9.17, 15) is 8.42 Å². The van der Waals surface area contributed by atoms with E-state index in [1.54, 1.807) is 28.8 Å². The number of pyridine rings is 1. The van der Waals surface area contributed by atoms with Gasteiger partial charge >= 0.3 is 0 Å². The van der Waals surface area contributed by atoms with Crippen molar-refractivity contribution in [1.82, 2.24) is 14.3 Å². The zero-order chi connectivity index (χ0) is 18.5. The van der Waals surface area contributed by atoms with E-state index in [1.807, 2.05) is 30.3 Å². The van der Waals surface area contributed by atoms with Crippen LogP contribution in [0.3, 0.4) is 0 Å². The van der Waals surface area contributed by atoms with E-state index >= 15 is 0 Å². The van der Waals surface area contributed by atoms with Gasteiger partial charge in [-0.2, -0.15) is 4.31 Å². The molecule has 2 aliphatic rings. The summed E-state index contributed by atoms with van der Waals surface area (Å²) in [6.45, 7) is 1.91. The first-order chi connectivity index (χ1) is 13.1. The van der Waals surface area contributed by atoms with E-state index in [0.29, 0.717) is 35.7 Å². The molecule has 2 aromatic heterocycles. The SMILES string of the molecule is O=S(=O)(c1c[nH]c2ncccc12)N1CC2(CCOCC2)C1c1ccccc1. The zero-order valence-electron chi connectivity index (χ0n) is 14.8. The predicted molar refractivity (Wildman–Crippen MR) is 102 cm³/mol. The Morgan fingerprint density at radius 1 is 1.11 bits per heavy atom. The van der Waals surface area contributed by atoms with Crippen molar-refractivity contribution in [3.63, 3.8) is 0 Å². The molecular formula is C20H21N3O3S. The molecular weight excluding hydrogens is 362 g/mol. The van der Waals surface area contributed by atoms with Crippen LogP contribution in [0.15, 0.2) is 59.8 Å². The summed E-state index contributed by atoms with van der Waals surface area (Å²) in [6, 6.07) is 13.4. The summed E-state index contributed by atoms with van der Waals surface area (Å²) in [7, 11) is -3.64. The lowest BCUT2D eigenvalue weighted by atomic mass is 9.65. The minimum atomic E-state index is -3.64. The van der Waals surface area contributed by atoms with Crippen molar-refractivity contribution in [2.45, 2.75) is 23.8 Å². The van der Waals surface area contributed by atoms with Gasteiger partial charge in [-0.3, -0.25) is 0 Å². The number of hydrogen-bond acceptors (Lipinski definition) is 4. The van der Waals surface area contributed by atoms with Crippen molar-refractivity contribution in [1.29, 1.82) is 0 Å². The van der Waals surface area contributed by atoms with Gasteiger partial charge in [0.25, 0.3) is 0 Å². The average molecular weight is 383 g/mol. The molecule has 1 aromatic carbocycles. The van der Waals surface area contributed by atoms with Crippen LogP contribution in [0.4, 0.5) is 0 Å². The number of rotatable bonds is 3. The van der Waals surface area contributed by atoms with Crippen molar-refractivity contribution in [2.24, 2.45) is 5.41 Å². The highest BCUT2D eigenvalue weighted by Gasteiger charge is 2.58. The molecule has 2 fully saturated rings. The quantitative estimate of drug-likeness (QED) is 0.754. The molecule has 7 heteroatoms. The first-order valence-corrected chi connectivity index (χ1v) is 10.6. The molecule has 3 aromatic rings. The predicted octanol–water partition coefficient (Wildman–Crippen LogP) is 3.11. The molecule has 140 valence electrons. The third-order valence-electron chi connectivity index (χ3n) is 5.94. The number of fused-ring (bicyclic) bond motifs is 1. The van der Waals surface area contributed by atoms with Gasteiger partial charge in [0, 0.05) is 43.0 Å². The maximum Gasteiger partial charge on any atom is 0.245 e. The minimum absolute atomic E-state index is 0.0446. The van der Waals surface area contributed by atoms with Crippen LogP contribution in [-0.2, 0) is 14.8 Å². The highest BCUT2D eigenvalue weighted by molar-refractivity contribution is 7.89. The molecule has 0 aliphatic carbocycles. The van der Waals surface area contributed by atoms with Gasteiger partial charge in [0.15, 0.2) is 0 Å². The van der Waals surface area contributed by atoms with Crippen LogP contribution < -0.4 is 0 Å². The minimum Gasteiger partial charge on any atom is -0.381 e. The molecule has 0 bridgehead atoms. The Bertz CT molecular complexity index is 1070. The third kappa shape index (κ3) is 2.53. The third-order valence-corrected chi connectivity index (χ3v) is 7.79. The Labute approximate surface area is 158 Å². The molecule has 6 nitrogen and oxygen atoms in total. The molecule has 0 saturated carbocycles. The van der Waals surface area contributed by atoms with Crippen LogP contribution in [0.1, 0.15) is 24.4 Å². The maximum absolute atomic E-state index is 13.5. The molecule has 2 aliphatic heterocycles. The fraction of sp³-hybridized carbons (Fsp3) is 0.350. The summed E-state index contributed by atoms with van der Waals surface area (Å²) in [5.74, 6) is 0. The number of nitrogens with one attached hydrogen (secondary N) is 1. The number of hydrogen-bond donors (Lipinski definition) is 1. The van der Waals surface area contributed by atoms with Crippen LogP contribution in [0.2, 0.25) is 0 Å². The molecule has 2 saturated heterocycles. The molecule has 1 unspecified atom stereocenters. The summed E-state index contributed by atoms with van der Waals surface area (Å²) >= 11 is 0. The van der Waals surface area contributed by atoms with Crippen LogP contribution in [0, 0.1) is 5.41 Å². The zero-order valence-corrected chi connectivity index (χ0v) is 15.7. The second kappa shape index (κ2) is 6.15. The highest BCUT2D eigenvalue weighted by atomic mass is 32.2. The second-order valence-corrected chi connectivity index (χ2v) is 9.25. The number of aromatic nitrogens is 2. The normalized spacial score (nSPS) is 22.7. The standard InChI is InChI=1S/C20H21N3O3S/c24-27(25,17-13-22-19-16(17)7-4-10-21-19)23-14-20(8-11-26-12-9-20)18(23)15-5-2-1-3-6-15/h1-7,10,13,18H,8-9,11-12,14H2,(H,21,22). The Morgan fingerprint density at radius 3 is 2.67 bits per heavy atom. The van der Waals surface area contributed by atoms with Crippen molar-refractivity contribution >= 4 is 21.1 Å². The van der Waals surface area contributed by atoms with Crippen molar-refractivity contribution in [3.05, 3.63) is 60.4 Å². The lowest BCUT2D eigenvalue weighted by Crippen LogP contribution is -2.62. The number of ether oxygens (including phenoxy) is 1. The van der Waals surface area contributed by atoms with Gasteiger partial charge in [-0.05, 0) is 30.5 Å². The van der Waals surface area contributed by atoms with E-state index < -0.39 is 10.0 Å². The lowest BCUT2D eigenvalue weighted by Gasteiger charge is -2.58. The summed E-state index contributed by atoms with van der Waals surface area (Å²) in [4.78, 5) is 7.51. The number of sulfonamides is 1. The number of aromatic amines is 1. The molecule has 0 amide bonds. The topological polar surface area (TPSA) is 75.3 Å². The van der Waals surface area contributed by atoms with Crippen molar-refractivity contribution in [2.75, 3.05) is 19.8 Å². The number of nitrogens with zero attached hydrogens (tertiary/aromatic N) is 2. The highest BCUT2D eigenvalue weighted by Crippen LogP contribution is 2.56. The Morgan fingerprint density at radius 2 is 1.89 bits per heavy atom. The van der Waals surface area contributed by atoms with Crippen LogP contribution in [-0.4, -0.2) is 42.4 Å². The second-order valence-electron chi connectivity index (χ2n) is 7.39. The van der Waals surface area contributed by atoms with Gasteiger partial charge < -0.3 is 9.72 Å². The summed E-state index contributed by atoms with van der Waals surface area (Å²) < 4.78 is 34.3. The molecule has 4 heterocycles. The van der Waals surface area contributed by atoms with Gasteiger partial charge in [0.05, 0.1) is 6.04 Å². The number of benzene rings is 1. The monoisotopic (exact) mass is 383 g/mol. The maximum atomic E-state index is 13.5. The first kappa shape index (κ1) is 16.9. The fourth-order valence-electron chi connectivity index (χ4n) is 4.54. The molecule has 1 spiro atoms. The average Bonchev–Trinajstić information content (AvgIpc) is 3.13. The summed E-state index contributed by atoms with van der Waals surface area (Å²) in [6.07, 6.45) is 4.98. The molecule has 0 radical (unpaired) electrons. The van der Waals surface area contributed by atoms with E-state index in [1.165, 1.54) is 0 Å². The van der Waals surface area contributed by atoms with Crippen LogP contribution in [0.5, 0.6) is 0 Å². The Balaban J connectivity index is 1.59. The number of H-pyrrole nitrogens is 1. The van der Waals surface area contributed by atoms with E-state index in [0.717, 1.165) is 18.4 Å². The molecule has 27 heavy (non-hydrogen) atoms. The smallest absolute Gasteiger partial charge is 0.245 e. The van der Waals surface area contributed by atoms with Crippen molar-refractivity contribution in [3.8, 4) is 0 Å². The van der Waals surface area contributed by atoms with Gasteiger partial charge in [0.2, 0.25) is 10.0 Å². The molecule has 5 rings (SSSR count). The molecule has 1 N–H and O–H groups in total. The molecule has 1 atom stereocenters.